The first-order valence-electron chi connectivity index (χ1n) is 11.1. The molecule has 1 aliphatic heterocycles. The topological polar surface area (TPSA) is 99.3 Å². The van der Waals surface area contributed by atoms with Crippen LogP contribution in [-0.2, 0) is 6.42 Å². The summed E-state index contributed by atoms with van der Waals surface area (Å²) in [5.74, 6) is -0.179. The Morgan fingerprint density at radius 1 is 0.824 bits per heavy atom. The minimum atomic E-state index is -0.227. The lowest BCUT2D eigenvalue weighted by atomic mass is 10.0. The van der Waals surface area contributed by atoms with Crippen LogP contribution in [0.5, 0.6) is 0 Å². The molecule has 0 unspecified atom stereocenters. The monoisotopic (exact) mass is 453 g/mol. The van der Waals surface area contributed by atoms with Gasteiger partial charge in [-0.05, 0) is 35.9 Å². The minimum Gasteiger partial charge on any atom is -0.335 e. The number of pyridine rings is 1. The summed E-state index contributed by atoms with van der Waals surface area (Å²) in [7, 11) is 0. The molecule has 1 fully saturated rings. The number of nitrogens with one attached hydrogen (secondary N) is 1. The van der Waals surface area contributed by atoms with Gasteiger partial charge in [0.25, 0.3) is 17.4 Å². The number of hydrogen-bond donors (Lipinski definition) is 1. The van der Waals surface area contributed by atoms with Crippen molar-refractivity contribution in [3.8, 4) is 0 Å². The molecule has 170 valence electrons. The summed E-state index contributed by atoms with van der Waals surface area (Å²) in [6.07, 6.45) is 2.07. The highest BCUT2D eigenvalue weighted by atomic mass is 16.2. The van der Waals surface area contributed by atoms with Crippen LogP contribution in [0.1, 0.15) is 32.1 Å². The highest BCUT2D eigenvalue weighted by Crippen LogP contribution is 2.17. The number of carbonyl (C=O) groups is 2. The first-order valence-corrected chi connectivity index (χ1v) is 11.1. The van der Waals surface area contributed by atoms with Crippen LogP contribution in [0.4, 0.5) is 0 Å². The molecule has 8 heteroatoms. The number of rotatable bonds is 4. The zero-order chi connectivity index (χ0) is 23.5. The average Bonchev–Trinajstić information content (AvgIpc) is 2.90. The van der Waals surface area contributed by atoms with Gasteiger partial charge in [-0.3, -0.25) is 19.4 Å². The van der Waals surface area contributed by atoms with E-state index in [2.05, 4.69) is 15.2 Å². The van der Waals surface area contributed by atoms with E-state index in [1.165, 1.54) is 0 Å². The van der Waals surface area contributed by atoms with Crippen molar-refractivity contribution in [2.75, 3.05) is 26.2 Å². The smallest absolute Gasteiger partial charge is 0.272 e. The van der Waals surface area contributed by atoms with Crippen LogP contribution < -0.4 is 5.56 Å². The Bertz CT molecular complexity index is 1410. The van der Waals surface area contributed by atoms with Gasteiger partial charge in [0, 0.05) is 49.7 Å². The van der Waals surface area contributed by atoms with Gasteiger partial charge in [0.2, 0.25) is 0 Å². The Morgan fingerprint density at radius 3 is 2.21 bits per heavy atom. The molecule has 1 saturated heterocycles. The van der Waals surface area contributed by atoms with Crippen LogP contribution in [0, 0.1) is 0 Å². The first-order chi connectivity index (χ1) is 16.6. The van der Waals surface area contributed by atoms with Crippen LogP contribution in [0.15, 0.2) is 77.7 Å². The van der Waals surface area contributed by atoms with Gasteiger partial charge in [-0.1, -0.05) is 36.4 Å². The van der Waals surface area contributed by atoms with Crippen LogP contribution in [-0.4, -0.2) is 63.0 Å². The second kappa shape index (κ2) is 9.27. The molecule has 0 aliphatic carbocycles. The van der Waals surface area contributed by atoms with Crippen molar-refractivity contribution in [2.24, 2.45) is 0 Å². The van der Waals surface area contributed by atoms with Crippen molar-refractivity contribution in [3.05, 3.63) is 106 Å². The molecular weight excluding hydrogens is 430 g/mol. The summed E-state index contributed by atoms with van der Waals surface area (Å²) in [5, 5.41) is 8.15. The van der Waals surface area contributed by atoms with Gasteiger partial charge >= 0.3 is 0 Å². The molecule has 2 aromatic carbocycles. The van der Waals surface area contributed by atoms with Crippen molar-refractivity contribution in [2.45, 2.75) is 6.42 Å². The Hall–Kier alpha value is -4.33. The van der Waals surface area contributed by atoms with Gasteiger partial charge in [-0.15, -0.1) is 0 Å². The summed E-state index contributed by atoms with van der Waals surface area (Å²) < 4.78 is 0. The van der Waals surface area contributed by atoms with Crippen molar-refractivity contribution in [1.29, 1.82) is 0 Å². The summed E-state index contributed by atoms with van der Waals surface area (Å²) in [4.78, 5) is 45.6. The van der Waals surface area contributed by atoms with Crippen LogP contribution >= 0.6 is 0 Å². The Kier molecular flexibility index (Phi) is 5.86. The number of piperazine rings is 1. The van der Waals surface area contributed by atoms with Gasteiger partial charge < -0.3 is 9.80 Å². The van der Waals surface area contributed by atoms with Gasteiger partial charge in [0.15, 0.2) is 0 Å². The number of benzene rings is 2. The number of carbonyl (C=O) groups excluding carboxylic acids is 2. The van der Waals surface area contributed by atoms with Gasteiger partial charge in [0.05, 0.1) is 11.1 Å². The number of hydrogen-bond acceptors (Lipinski definition) is 5. The zero-order valence-corrected chi connectivity index (χ0v) is 18.5. The number of aromatic amines is 1. The predicted octanol–water partition coefficient (Wildman–Crippen LogP) is 2.51. The maximum Gasteiger partial charge on any atom is 0.272 e. The number of aromatic nitrogens is 3. The summed E-state index contributed by atoms with van der Waals surface area (Å²) in [5.41, 5.74) is 2.39. The largest absolute Gasteiger partial charge is 0.335 e. The molecule has 1 N–H and O–H groups in total. The van der Waals surface area contributed by atoms with Gasteiger partial charge in [-0.25, -0.2) is 5.10 Å². The van der Waals surface area contributed by atoms with E-state index in [0.717, 1.165) is 16.6 Å². The maximum atomic E-state index is 13.1. The molecule has 2 aromatic heterocycles. The van der Waals surface area contributed by atoms with Crippen LogP contribution in [0.2, 0.25) is 0 Å². The quantitative estimate of drug-likeness (QED) is 0.512. The third-order valence-electron chi connectivity index (χ3n) is 6.06. The molecule has 0 bridgehead atoms. The fourth-order valence-electron chi connectivity index (χ4n) is 4.24. The first kappa shape index (κ1) is 21.5. The summed E-state index contributed by atoms with van der Waals surface area (Å²) >= 11 is 0. The average molecular weight is 454 g/mol. The Balaban J connectivity index is 1.28. The van der Waals surface area contributed by atoms with Crippen LogP contribution in [0.3, 0.4) is 0 Å². The molecule has 5 rings (SSSR count). The number of nitrogens with zero attached hydrogens (tertiary/aromatic N) is 4. The van der Waals surface area contributed by atoms with Crippen molar-refractivity contribution < 1.29 is 9.59 Å². The molecule has 3 heterocycles. The van der Waals surface area contributed by atoms with E-state index in [1.54, 1.807) is 40.3 Å². The Morgan fingerprint density at radius 2 is 1.47 bits per heavy atom. The molecule has 0 radical (unpaired) electrons. The molecule has 34 heavy (non-hydrogen) atoms. The third-order valence-corrected chi connectivity index (χ3v) is 6.06. The molecule has 4 aromatic rings. The van der Waals surface area contributed by atoms with E-state index >= 15 is 0 Å². The van der Waals surface area contributed by atoms with E-state index in [4.69, 9.17) is 0 Å². The zero-order valence-electron chi connectivity index (χ0n) is 18.5. The minimum absolute atomic E-state index is 0.0200. The fourth-order valence-corrected chi connectivity index (χ4v) is 4.24. The Labute approximate surface area is 195 Å². The van der Waals surface area contributed by atoms with E-state index in [-0.39, 0.29) is 17.4 Å². The number of H-pyrrole nitrogens is 1. The highest BCUT2D eigenvalue weighted by molar-refractivity contribution is 5.95. The standard InChI is InChI=1S/C26H23N5O3/c32-24-21-9-5-4-8-20(21)22(28-29-24)16-18-10-11-27-23(17-18)26(34)31-14-12-30(13-15-31)25(33)19-6-2-1-3-7-19/h1-11,17H,12-16H2,(H,29,32). The molecule has 0 atom stereocenters. The molecule has 1 aliphatic rings. The van der Waals surface area contributed by atoms with Crippen molar-refractivity contribution >= 4 is 22.6 Å². The summed E-state index contributed by atoms with van der Waals surface area (Å²) in [6, 6.07) is 20.1. The lowest BCUT2D eigenvalue weighted by Gasteiger charge is -2.34. The van der Waals surface area contributed by atoms with Crippen molar-refractivity contribution in [3.63, 3.8) is 0 Å². The van der Waals surface area contributed by atoms with Gasteiger partial charge in [-0.2, -0.15) is 5.10 Å². The van der Waals surface area contributed by atoms with E-state index < -0.39 is 0 Å². The third kappa shape index (κ3) is 4.30. The second-order valence-electron chi connectivity index (χ2n) is 8.22. The molecule has 0 spiro atoms. The molecule has 0 saturated carbocycles. The van der Waals surface area contributed by atoms with E-state index in [9.17, 15) is 14.4 Å². The SMILES string of the molecule is O=C(c1ccccc1)N1CCN(C(=O)c2cc(Cc3n[nH]c(=O)c4ccccc34)ccn2)CC1. The highest BCUT2D eigenvalue weighted by Gasteiger charge is 2.26. The molecule has 8 nitrogen and oxygen atoms in total. The lowest BCUT2D eigenvalue weighted by molar-refractivity contribution is 0.0532. The van der Waals surface area contributed by atoms with E-state index in [1.807, 2.05) is 42.5 Å². The fraction of sp³-hybridized carbons (Fsp3) is 0.192. The molecule has 2 amide bonds. The van der Waals surface area contributed by atoms with Crippen LogP contribution in [0.25, 0.3) is 10.8 Å². The van der Waals surface area contributed by atoms with E-state index in [0.29, 0.717) is 49.2 Å². The predicted molar refractivity (Wildman–Crippen MR) is 128 cm³/mol. The normalized spacial score (nSPS) is 13.8. The number of amides is 2. The second-order valence-corrected chi connectivity index (χ2v) is 8.22. The summed E-state index contributed by atoms with van der Waals surface area (Å²) in [6.45, 7) is 1.86. The van der Waals surface area contributed by atoms with Crippen molar-refractivity contribution in [1.82, 2.24) is 25.0 Å². The number of fused-ring (bicyclic) bond motifs is 1. The molecular formula is C26H23N5O3. The lowest BCUT2D eigenvalue weighted by Crippen LogP contribution is -2.50. The maximum absolute atomic E-state index is 13.1. The van der Waals surface area contributed by atoms with Gasteiger partial charge in [0.1, 0.15) is 5.69 Å².